The fraction of sp³-hybridized carbons (Fsp3) is 0.111. The number of benzene rings is 1. The van der Waals surface area contributed by atoms with E-state index in [0.29, 0.717) is 10.7 Å². The van der Waals surface area contributed by atoms with Gasteiger partial charge in [0.05, 0.1) is 10.7 Å². The van der Waals surface area contributed by atoms with Crippen molar-refractivity contribution in [1.82, 2.24) is 0 Å². The second kappa shape index (κ2) is 3.48. The van der Waals surface area contributed by atoms with Crippen LogP contribution in [0.15, 0.2) is 17.5 Å². The maximum atomic E-state index is 6.08. The number of hydrogen-bond donors (Lipinski definition) is 1. The molecule has 0 aliphatic rings. The van der Waals surface area contributed by atoms with E-state index in [9.17, 15) is 0 Å². The number of hydrogen-bond acceptors (Lipinski definition) is 2. The summed E-state index contributed by atoms with van der Waals surface area (Å²) in [7, 11) is 0. The number of thiophene rings is 1. The Labute approximate surface area is 93.6 Å². The third kappa shape index (κ3) is 1.45. The average molecular weight is 277 g/mol. The van der Waals surface area contributed by atoms with Gasteiger partial charge >= 0.3 is 0 Å². The summed E-state index contributed by atoms with van der Waals surface area (Å²) < 4.78 is 1.19. The van der Waals surface area contributed by atoms with Gasteiger partial charge in [0.25, 0.3) is 0 Å². The number of alkyl halides is 1. The van der Waals surface area contributed by atoms with Crippen molar-refractivity contribution in [1.29, 1.82) is 0 Å². The van der Waals surface area contributed by atoms with Crippen molar-refractivity contribution in [2.75, 3.05) is 5.73 Å². The maximum absolute atomic E-state index is 6.08. The van der Waals surface area contributed by atoms with Crippen molar-refractivity contribution in [2.45, 2.75) is 5.33 Å². The van der Waals surface area contributed by atoms with Crippen LogP contribution in [0.1, 0.15) is 5.56 Å². The van der Waals surface area contributed by atoms with E-state index in [4.69, 9.17) is 17.3 Å². The predicted octanol–water partition coefficient (Wildman–Crippen LogP) is 4.03. The van der Waals surface area contributed by atoms with Crippen LogP contribution in [0.4, 0.5) is 5.69 Å². The minimum absolute atomic E-state index is 0.658. The highest BCUT2D eigenvalue weighted by molar-refractivity contribution is 9.08. The maximum Gasteiger partial charge on any atom is 0.0682 e. The summed E-state index contributed by atoms with van der Waals surface area (Å²) in [5.41, 5.74) is 7.52. The molecule has 0 aliphatic carbocycles. The molecule has 1 aromatic carbocycles. The highest BCUT2D eigenvalue weighted by atomic mass is 79.9. The zero-order valence-corrected chi connectivity index (χ0v) is 9.84. The van der Waals surface area contributed by atoms with E-state index in [1.807, 2.05) is 11.4 Å². The molecule has 0 saturated heterocycles. The largest absolute Gasteiger partial charge is 0.397 e. The standard InChI is InChI=1S/C9H7BrClNS/c10-4-6-5-1-2-13-8(5)3-7(12)9(6)11/h1-3H,4,12H2. The molecular weight excluding hydrogens is 270 g/mol. The highest BCUT2D eigenvalue weighted by Crippen LogP contribution is 2.35. The summed E-state index contributed by atoms with van der Waals surface area (Å²) in [5, 5.41) is 4.65. The molecule has 0 fully saturated rings. The van der Waals surface area contributed by atoms with Crippen LogP contribution in [0.3, 0.4) is 0 Å². The number of nitrogen functional groups attached to an aromatic ring is 1. The molecule has 0 saturated carbocycles. The van der Waals surface area contributed by atoms with Gasteiger partial charge in [-0.15, -0.1) is 11.3 Å². The van der Waals surface area contributed by atoms with Gasteiger partial charge in [0, 0.05) is 10.0 Å². The number of halogens is 2. The molecule has 2 rings (SSSR count). The van der Waals surface area contributed by atoms with Crippen molar-refractivity contribution in [3.05, 3.63) is 28.1 Å². The Hall–Kier alpha value is -0.250. The molecule has 13 heavy (non-hydrogen) atoms. The smallest absolute Gasteiger partial charge is 0.0682 e. The van der Waals surface area contributed by atoms with Gasteiger partial charge in [0.15, 0.2) is 0 Å². The molecule has 4 heteroatoms. The number of fused-ring (bicyclic) bond motifs is 1. The van der Waals surface area contributed by atoms with Crippen molar-refractivity contribution < 1.29 is 0 Å². The first-order valence-electron chi connectivity index (χ1n) is 3.74. The van der Waals surface area contributed by atoms with Crippen LogP contribution in [0.2, 0.25) is 5.02 Å². The van der Waals surface area contributed by atoms with Gasteiger partial charge in [-0.2, -0.15) is 0 Å². The molecule has 1 aromatic heterocycles. The number of rotatable bonds is 1. The molecule has 0 amide bonds. The van der Waals surface area contributed by atoms with Crippen LogP contribution in [0.25, 0.3) is 10.1 Å². The molecule has 0 bridgehead atoms. The summed E-state index contributed by atoms with van der Waals surface area (Å²) in [6.45, 7) is 0. The molecule has 68 valence electrons. The van der Waals surface area contributed by atoms with Crippen molar-refractivity contribution in [3.8, 4) is 0 Å². The Kier molecular flexibility index (Phi) is 2.49. The second-order valence-corrected chi connectivity index (χ2v) is 4.61. The van der Waals surface area contributed by atoms with Crippen LogP contribution in [0.5, 0.6) is 0 Å². The van der Waals surface area contributed by atoms with Crippen LogP contribution < -0.4 is 5.73 Å². The first-order chi connectivity index (χ1) is 6.24. The van der Waals surface area contributed by atoms with Crippen molar-refractivity contribution in [3.63, 3.8) is 0 Å². The Morgan fingerprint density at radius 1 is 1.54 bits per heavy atom. The first kappa shape index (κ1) is 9.31. The van der Waals surface area contributed by atoms with E-state index < -0.39 is 0 Å². The third-order valence-corrected chi connectivity index (χ3v) is 3.83. The van der Waals surface area contributed by atoms with Gasteiger partial charge in [-0.05, 0) is 28.5 Å². The fourth-order valence-corrected chi connectivity index (χ4v) is 3.14. The lowest BCUT2D eigenvalue weighted by molar-refractivity contribution is 1.50. The second-order valence-electron chi connectivity index (χ2n) is 2.72. The lowest BCUT2D eigenvalue weighted by Gasteiger charge is -2.05. The molecular formula is C9H7BrClNS. The fourth-order valence-electron chi connectivity index (χ4n) is 1.31. The zero-order valence-electron chi connectivity index (χ0n) is 6.68. The molecule has 0 spiro atoms. The van der Waals surface area contributed by atoms with E-state index in [0.717, 1.165) is 10.9 Å². The summed E-state index contributed by atoms with van der Waals surface area (Å²) in [4.78, 5) is 0. The predicted molar refractivity (Wildman–Crippen MR) is 63.9 cm³/mol. The lowest BCUT2D eigenvalue weighted by atomic mass is 10.1. The van der Waals surface area contributed by atoms with E-state index in [-0.39, 0.29) is 0 Å². The van der Waals surface area contributed by atoms with E-state index >= 15 is 0 Å². The Balaban J connectivity index is 2.87. The molecule has 0 unspecified atom stereocenters. The Morgan fingerprint density at radius 2 is 2.31 bits per heavy atom. The Bertz CT molecular complexity index is 452. The molecule has 0 radical (unpaired) electrons. The zero-order chi connectivity index (χ0) is 9.42. The van der Waals surface area contributed by atoms with Gasteiger partial charge in [-0.3, -0.25) is 0 Å². The van der Waals surface area contributed by atoms with Crippen molar-refractivity contribution in [2.24, 2.45) is 0 Å². The van der Waals surface area contributed by atoms with Crippen LogP contribution in [-0.2, 0) is 5.33 Å². The average Bonchev–Trinajstić information content (AvgIpc) is 2.54. The van der Waals surface area contributed by atoms with Crippen LogP contribution in [0, 0.1) is 0 Å². The van der Waals surface area contributed by atoms with Gasteiger partial charge < -0.3 is 5.73 Å². The SMILES string of the molecule is Nc1cc2sccc2c(CBr)c1Cl. The van der Waals surface area contributed by atoms with Gasteiger partial charge in [0.2, 0.25) is 0 Å². The summed E-state index contributed by atoms with van der Waals surface area (Å²) >= 11 is 11.2. The van der Waals surface area contributed by atoms with Gasteiger partial charge in [-0.1, -0.05) is 27.5 Å². The lowest BCUT2D eigenvalue weighted by Crippen LogP contribution is -1.90. The van der Waals surface area contributed by atoms with E-state index in [1.165, 1.54) is 10.1 Å². The first-order valence-corrected chi connectivity index (χ1v) is 6.12. The number of anilines is 1. The normalized spacial score (nSPS) is 10.9. The summed E-state index contributed by atoms with van der Waals surface area (Å²) in [6.07, 6.45) is 0. The Morgan fingerprint density at radius 3 is 3.00 bits per heavy atom. The molecule has 1 nitrogen and oxygen atoms in total. The van der Waals surface area contributed by atoms with Crippen LogP contribution in [-0.4, -0.2) is 0 Å². The minimum Gasteiger partial charge on any atom is -0.397 e. The van der Waals surface area contributed by atoms with Gasteiger partial charge in [-0.25, -0.2) is 0 Å². The quantitative estimate of drug-likeness (QED) is 0.617. The van der Waals surface area contributed by atoms with Gasteiger partial charge in [0.1, 0.15) is 0 Å². The van der Waals surface area contributed by atoms with Crippen molar-refractivity contribution >= 4 is 54.6 Å². The topological polar surface area (TPSA) is 26.0 Å². The van der Waals surface area contributed by atoms with E-state index in [1.54, 1.807) is 11.3 Å². The molecule has 1 heterocycles. The van der Waals surface area contributed by atoms with E-state index in [2.05, 4.69) is 22.0 Å². The summed E-state index contributed by atoms with van der Waals surface area (Å²) in [5.74, 6) is 0. The minimum atomic E-state index is 0.658. The molecule has 2 aromatic rings. The third-order valence-electron chi connectivity index (χ3n) is 1.96. The molecule has 0 atom stereocenters. The highest BCUT2D eigenvalue weighted by Gasteiger charge is 2.09. The molecule has 2 N–H and O–H groups in total. The number of nitrogens with two attached hydrogens (primary N) is 1. The molecule has 0 aliphatic heterocycles. The monoisotopic (exact) mass is 275 g/mol. The summed E-state index contributed by atoms with van der Waals surface area (Å²) in [6, 6.07) is 4.00. The van der Waals surface area contributed by atoms with Crippen LogP contribution >= 0.6 is 38.9 Å².